The maximum absolute atomic E-state index is 14.5. The smallest absolute Gasteiger partial charge is 0.314 e. The van der Waals surface area contributed by atoms with Crippen LogP contribution in [-0.2, 0) is 4.74 Å². The highest BCUT2D eigenvalue weighted by Gasteiger charge is 2.48. The summed E-state index contributed by atoms with van der Waals surface area (Å²) in [4.78, 5) is 0. The van der Waals surface area contributed by atoms with Gasteiger partial charge in [0.1, 0.15) is 6.17 Å². The predicted molar refractivity (Wildman–Crippen MR) is 110 cm³/mol. The van der Waals surface area contributed by atoms with E-state index in [1.54, 1.807) is 6.92 Å². The average molecular weight is 506 g/mol. The molecule has 0 saturated heterocycles. The first-order valence-corrected chi connectivity index (χ1v) is 12.0. The zero-order valence-corrected chi connectivity index (χ0v) is 18.8. The van der Waals surface area contributed by atoms with Gasteiger partial charge in [0, 0.05) is 3.92 Å². The van der Waals surface area contributed by atoms with E-state index in [1.165, 1.54) is 19.3 Å². The number of alkyl halides is 5. The number of hydrogen-bond donors (Lipinski definition) is 0. The zero-order chi connectivity index (χ0) is 20.0. The Balaban J connectivity index is 1.74. The summed E-state index contributed by atoms with van der Waals surface area (Å²) in [5, 5.41) is 0. The van der Waals surface area contributed by atoms with Crippen molar-refractivity contribution in [2.75, 3.05) is 0 Å². The standard InChI is InChI=1S/C21H35F4IO/c1-3-5-17(26)7-4-6-15-9-11-16(12-10-15)21(24,25)27-18-13-8-14(2)19(22)20(18)23/h14-20H,3-13H2,1-2H3. The molecule has 2 aliphatic rings. The fourth-order valence-electron chi connectivity index (χ4n) is 4.56. The van der Waals surface area contributed by atoms with E-state index in [0.29, 0.717) is 29.1 Å². The van der Waals surface area contributed by atoms with Gasteiger partial charge in [-0.3, -0.25) is 0 Å². The van der Waals surface area contributed by atoms with Crippen molar-refractivity contribution in [1.29, 1.82) is 0 Å². The van der Waals surface area contributed by atoms with Gasteiger partial charge in [-0.15, -0.1) is 0 Å². The Kier molecular flexibility index (Phi) is 9.63. The molecule has 27 heavy (non-hydrogen) atoms. The molecule has 2 fully saturated rings. The molecule has 0 aromatic heterocycles. The van der Waals surface area contributed by atoms with E-state index in [2.05, 4.69) is 29.5 Å². The Bertz CT molecular complexity index is 428. The van der Waals surface area contributed by atoms with Gasteiger partial charge in [-0.1, -0.05) is 55.7 Å². The quantitative estimate of drug-likeness (QED) is 0.177. The minimum atomic E-state index is -3.35. The monoisotopic (exact) mass is 506 g/mol. The van der Waals surface area contributed by atoms with Crippen molar-refractivity contribution in [2.45, 2.75) is 113 Å². The predicted octanol–water partition coefficient (Wildman–Crippen LogP) is 7.65. The molecule has 0 spiro atoms. The summed E-state index contributed by atoms with van der Waals surface area (Å²) in [6, 6.07) is 0. The molecule has 6 heteroatoms. The fraction of sp³-hybridized carbons (Fsp3) is 1.00. The second-order valence-electron chi connectivity index (χ2n) is 8.70. The Morgan fingerprint density at radius 1 is 1.00 bits per heavy atom. The minimum absolute atomic E-state index is 0.170. The third-order valence-electron chi connectivity index (χ3n) is 6.47. The molecule has 0 N–H and O–H groups in total. The van der Waals surface area contributed by atoms with Gasteiger partial charge in [-0.05, 0) is 63.2 Å². The van der Waals surface area contributed by atoms with E-state index >= 15 is 0 Å². The second-order valence-corrected chi connectivity index (χ2v) is 10.5. The van der Waals surface area contributed by atoms with Gasteiger partial charge in [0.2, 0.25) is 0 Å². The molecule has 1 nitrogen and oxygen atoms in total. The van der Waals surface area contributed by atoms with Crippen LogP contribution in [0.15, 0.2) is 0 Å². The Morgan fingerprint density at radius 2 is 1.67 bits per heavy atom. The van der Waals surface area contributed by atoms with Crippen LogP contribution in [0.5, 0.6) is 0 Å². The van der Waals surface area contributed by atoms with Crippen LogP contribution in [0.1, 0.15) is 84.5 Å². The van der Waals surface area contributed by atoms with Crippen molar-refractivity contribution in [3.63, 3.8) is 0 Å². The molecule has 0 aromatic carbocycles. The van der Waals surface area contributed by atoms with Gasteiger partial charge in [-0.25, -0.2) is 8.78 Å². The Labute approximate surface area is 175 Å². The first kappa shape index (κ1) is 23.7. The molecule has 0 aromatic rings. The Hall–Kier alpha value is 0.410. The van der Waals surface area contributed by atoms with Crippen molar-refractivity contribution < 1.29 is 22.3 Å². The van der Waals surface area contributed by atoms with Crippen LogP contribution in [0.25, 0.3) is 0 Å². The maximum Gasteiger partial charge on any atom is 0.358 e. The van der Waals surface area contributed by atoms with Crippen LogP contribution in [0.2, 0.25) is 0 Å². The summed E-state index contributed by atoms with van der Waals surface area (Å²) in [7, 11) is 0. The van der Waals surface area contributed by atoms with Crippen LogP contribution in [0.3, 0.4) is 0 Å². The van der Waals surface area contributed by atoms with E-state index in [4.69, 9.17) is 4.74 Å². The lowest BCUT2D eigenvalue weighted by molar-refractivity contribution is -0.312. The highest BCUT2D eigenvalue weighted by Crippen LogP contribution is 2.43. The number of ether oxygens (including phenoxy) is 1. The molecule has 0 radical (unpaired) electrons. The number of hydrogen-bond acceptors (Lipinski definition) is 1. The van der Waals surface area contributed by atoms with Gasteiger partial charge < -0.3 is 4.74 Å². The first-order chi connectivity index (χ1) is 12.7. The molecule has 2 saturated carbocycles. The normalized spacial score (nSPS) is 36.6. The highest BCUT2D eigenvalue weighted by molar-refractivity contribution is 14.1. The molecule has 160 valence electrons. The SMILES string of the molecule is CCCC(I)CCCC1CCC(C(F)(F)OC2CCC(C)C(F)C2F)CC1. The lowest BCUT2D eigenvalue weighted by Gasteiger charge is -2.38. The third kappa shape index (κ3) is 7.00. The van der Waals surface area contributed by atoms with E-state index < -0.39 is 36.4 Å². The zero-order valence-electron chi connectivity index (χ0n) is 16.6. The lowest BCUT2D eigenvalue weighted by atomic mass is 9.79. The Morgan fingerprint density at radius 3 is 2.30 bits per heavy atom. The summed E-state index contributed by atoms with van der Waals surface area (Å²) in [5.74, 6) is -0.777. The number of halogens is 5. The fourth-order valence-corrected chi connectivity index (χ4v) is 5.62. The summed E-state index contributed by atoms with van der Waals surface area (Å²) in [6.45, 7) is 3.82. The van der Waals surface area contributed by atoms with E-state index in [1.807, 2.05) is 0 Å². The molecule has 0 heterocycles. The number of rotatable bonds is 9. The molecular formula is C21H35F4IO. The molecular weight excluding hydrogens is 471 g/mol. The van der Waals surface area contributed by atoms with Crippen LogP contribution in [0.4, 0.5) is 17.6 Å². The van der Waals surface area contributed by atoms with Gasteiger partial charge in [0.25, 0.3) is 0 Å². The summed E-state index contributed by atoms with van der Waals surface area (Å²) < 4.78 is 62.6. The average Bonchev–Trinajstić information content (AvgIpc) is 2.63. The van der Waals surface area contributed by atoms with Gasteiger partial charge >= 0.3 is 6.11 Å². The minimum Gasteiger partial charge on any atom is -0.314 e. The van der Waals surface area contributed by atoms with Crippen molar-refractivity contribution >= 4 is 22.6 Å². The van der Waals surface area contributed by atoms with Gasteiger partial charge in [0.15, 0.2) is 6.17 Å². The van der Waals surface area contributed by atoms with Crippen molar-refractivity contribution in [1.82, 2.24) is 0 Å². The molecule has 0 bridgehead atoms. The van der Waals surface area contributed by atoms with Crippen LogP contribution in [-0.4, -0.2) is 28.5 Å². The molecule has 5 unspecified atom stereocenters. The molecule has 0 amide bonds. The largest absolute Gasteiger partial charge is 0.358 e. The molecule has 2 aliphatic carbocycles. The maximum atomic E-state index is 14.5. The molecule has 2 rings (SSSR count). The summed E-state index contributed by atoms with van der Waals surface area (Å²) in [6.07, 6.45) is 0.579. The highest BCUT2D eigenvalue weighted by atomic mass is 127. The summed E-state index contributed by atoms with van der Waals surface area (Å²) in [5.41, 5.74) is 0. The molecule has 0 aliphatic heterocycles. The van der Waals surface area contributed by atoms with Crippen LogP contribution < -0.4 is 0 Å². The van der Waals surface area contributed by atoms with Crippen molar-refractivity contribution in [3.05, 3.63) is 0 Å². The topological polar surface area (TPSA) is 9.23 Å². The lowest BCUT2D eigenvalue weighted by Crippen LogP contribution is -2.47. The van der Waals surface area contributed by atoms with Gasteiger partial charge in [0.05, 0.1) is 12.0 Å². The van der Waals surface area contributed by atoms with Crippen molar-refractivity contribution in [2.24, 2.45) is 17.8 Å². The third-order valence-corrected chi connectivity index (χ3v) is 7.72. The van der Waals surface area contributed by atoms with Crippen LogP contribution >= 0.6 is 22.6 Å². The van der Waals surface area contributed by atoms with Gasteiger partial charge in [-0.2, -0.15) is 8.78 Å². The van der Waals surface area contributed by atoms with Crippen LogP contribution in [0, 0.1) is 17.8 Å². The summed E-state index contributed by atoms with van der Waals surface area (Å²) >= 11 is 2.51. The second kappa shape index (κ2) is 11.0. The van der Waals surface area contributed by atoms with Crippen molar-refractivity contribution in [3.8, 4) is 0 Å². The van der Waals surface area contributed by atoms with E-state index in [9.17, 15) is 17.6 Å². The molecule has 5 atom stereocenters. The van der Waals surface area contributed by atoms with E-state index in [-0.39, 0.29) is 6.42 Å². The first-order valence-electron chi connectivity index (χ1n) is 10.7. The van der Waals surface area contributed by atoms with E-state index in [0.717, 1.165) is 25.7 Å².